The van der Waals surface area contributed by atoms with Gasteiger partial charge < -0.3 is 4.74 Å². The maximum absolute atomic E-state index is 5.12. The van der Waals surface area contributed by atoms with E-state index in [0.29, 0.717) is 6.04 Å². The minimum atomic E-state index is 0.536. The molecule has 0 spiro atoms. The summed E-state index contributed by atoms with van der Waals surface area (Å²) in [6, 6.07) is 2.60. The highest BCUT2D eigenvalue weighted by atomic mass is 127. The highest BCUT2D eigenvalue weighted by Crippen LogP contribution is 2.20. The Morgan fingerprint density at radius 1 is 1.62 bits per heavy atom. The van der Waals surface area contributed by atoms with Gasteiger partial charge in [0.1, 0.15) is 3.70 Å². The van der Waals surface area contributed by atoms with Crippen LogP contribution in [0.15, 0.2) is 12.3 Å². The standard InChI is InChI=1S/C11H18IN3O/c1-16-8-7-14-5-2-3-10(9-14)15-6-4-11(12)13-15/h4,6,10H,2-3,5,7-9H2,1H3. The Kier molecular flexibility index (Phi) is 4.60. The van der Waals surface area contributed by atoms with E-state index in [1.807, 2.05) is 0 Å². The molecule has 0 amide bonds. The van der Waals surface area contributed by atoms with Gasteiger partial charge in [-0.25, -0.2) is 0 Å². The summed E-state index contributed by atoms with van der Waals surface area (Å²) >= 11 is 2.26. The lowest BCUT2D eigenvalue weighted by Crippen LogP contribution is -2.38. The summed E-state index contributed by atoms with van der Waals surface area (Å²) in [5.41, 5.74) is 0. The minimum absolute atomic E-state index is 0.536. The molecule has 4 nitrogen and oxygen atoms in total. The largest absolute Gasteiger partial charge is 0.383 e. The summed E-state index contributed by atoms with van der Waals surface area (Å²) in [6.07, 6.45) is 4.58. The third-order valence-electron chi connectivity index (χ3n) is 3.04. The first-order valence-electron chi connectivity index (χ1n) is 5.71. The summed E-state index contributed by atoms with van der Waals surface area (Å²) in [5.74, 6) is 0. The second kappa shape index (κ2) is 5.97. The van der Waals surface area contributed by atoms with E-state index in [0.717, 1.165) is 23.4 Å². The van der Waals surface area contributed by atoms with Gasteiger partial charge in [-0.05, 0) is 48.0 Å². The SMILES string of the molecule is COCCN1CCCC(n2ccc(I)n2)C1. The van der Waals surface area contributed by atoms with Crippen LogP contribution in [-0.4, -0.2) is 48.0 Å². The molecule has 1 aromatic heterocycles. The Bertz CT molecular complexity index is 329. The maximum atomic E-state index is 5.12. The molecule has 0 bridgehead atoms. The third kappa shape index (κ3) is 3.18. The number of ether oxygens (including phenoxy) is 1. The van der Waals surface area contributed by atoms with E-state index in [-0.39, 0.29) is 0 Å². The van der Waals surface area contributed by atoms with Crippen molar-refractivity contribution in [3.63, 3.8) is 0 Å². The number of hydrogen-bond acceptors (Lipinski definition) is 3. The summed E-state index contributed by atoms with van der Waals surface area (Å²) in [4.78, 5) is 2.46. The predicted octanol–water partition coefficient (Wildman–Crippen LogP) is 1.77. The van der Waals surface area contributed by atoms with Crippen molar-refractivity contribution in [2.75, 3.05) is 33.4 Å². The fourth-order valence-electron chi connectivity index (χ4n) is 2.19. The number of methoxy groups -OCH3 is 1. The second-order valence-electron chi connectivity index (χ2n) is 4.21. The van der Waals surface area contributed by atoms with Crippen LogP contribution in [0.2, 0.25) is 0 Å². The molecule has 90 valence electrons. The maximum Gasteiger partial charge on any atom is 0.123 e. The summed E-state index contributed by atoms with van der Waals surface area (Å²) in [5, 5.41) is 4.49. The zero-order chi connectivity index (χ0) is 11.4. The van der Waals surface area contributed by atoms with Crippen molar-refractivity contribution in [3.05, 3.63) is 16.0 Å². The van der Waals surface area contributed by atoms with Crippen LogP contribution < -0.4 is 0 Å². The Labute approximate surface area is 110 Å². The Morgan fingerprint density at radius 2 is 2.50 bits per heavy atom. The normalized spacial score (nSPS) is 22.5. The van der Waals surface area contributed by atoms with Crippen LogP contribution in [0.5, 0.6) is 0 Å². The summed E-state index contributed by atoms with van der Waals surface area (Å²) in [6.45, 7) is 4.15. The van der Waals surface area contributed by atoms with Crippen LogP contribution in [0.25, 0.3) is 0 Å². The lowest BCUT2D eigenvalue weighted by Gasteiger charge is -2.32. The number of nitrogens with zero attached hydrogens (tertiary/aromatic N) is 3. The van der Waals surface area contributed by atoms with Gasteiger partial charge in [-0.2, -0.15) is 5.10 Å². The average molecular weight is 335 g/mol. The lowest BCUT2D eigenvalue weighted by molar-refractivity contribution is 0.113. The van der Waals surface area contributed by atoms with Gasteiger partial charge in [0.05, 0.1) is 12.6 Å². The number of piperidine rings is 1. The fraction of sp³-hybridized carbons (Fsp3) is 0.727. The molecule has 1 fully saturated rings. The Morgan fingerprint density at radius 3 is 3.19 bits per heavy atom. The number of aromatic nitrogens is 2. The van der Waals surface area contributed by atoms with Crippen molar-refractivity contribution in [1.29, 1.82) is 0 Å². The predicted molar refractivity (Wildman–Crippen MR) is 71.5 cm³/mol. The van der Waals surface area contributed by atoms with Crippen LogP contribution in [0.1, 0.15) is 18.9 Å². The van der Waals surface area contributed by atoms with Crippen molar-refractivity contribution >= 4 is 22.6 Å². The molecule has 1 aliphatic rings. The zero-order valence-corrected chi connectivity index (χ0v) is 11.8. The molecule has 2 rings (SSSR count). The molecular formula is C11H18IN3O. The van der Waals surface area contributed by atoms with Gasteiger partial charge in [0.15, 0.2) is 0 Å². The van der Waals surface area contributed by atoms with Gasteiger partial charge in [0.2, 0.25) is 0 Å². The molecule has 1 aromatic rings. The topological polar surface area (TPSA) is 30.3 Å². The van der Waals surface area contributed by atoms with Gasteiger partial charge in [0, 0.05) is 26.4 Å². The van der Waals surface area contributed by atoms with E-state index in [1.54, 1.807) is 7.11 Å². The molecule has 1 aliphatic heterocycles. The molecule has 2 heterocycles. The quantitative estimate of drug-likeness (QED) is 0.786. The molecule has 0 N–H and O–H groups in total. The molecular weight excluding hydrogens is 317 g/mol. The van der Waals surface area contributed by atoms with Gasteiger partial charge in [-0.3, -0.25) is 9.58 Å². The van der Waals surface area contributed by atoms with E-state index in [4.69, 9.17) is 4.74 Å². The monoisotopic (exact) mass is 335 g/mol. The van der Waals surface area contributed by atoms with Crippen LogP contribution in [0.4, 0.5) is 0 Å². The number of hydrogen-bond donors (Lipinski definition) is 0. The van der Waals surface area contributed by atoms with Crippen molar-refractivity contribution < 1.29 is 4.74 Å². The second-order valence-corrected chi connectivity index (χ2v) is 5.31. The smallest absolute Gasteiger partial charge is 0.123 e. The van der Waals surface area contributed by atoms with E-state index < -0.39 is 0 Å². The first-order chi connectivity index (χ1) is 7.79. The number of likely N-dealkylation sites (tertiary alicyclic amines) is 1. The zero-order valence-electron chi connectivity index (χ0n) is 9.60. The Balaban J connectivity index is 1.91. The first kappa shape index (κ1) is 12.3. The van der Waals surface area contributed by atoms with E-state index in [9.17, 15) is 0 Å². The van der Waals surface area contributed by atoms with Crippen molar-refractivity contribution in [2.24, 2.45) is 0 Å². The third-order valence-corrected chi connectivity index (χ3v) is 3.62. The fourth-order valence-corrected chi connectivity index (χ4v) is 2.60. The van der Waals surface area contributed by atoms with Crippen molar-refractivity contribution in [1.82, 2.24) is 14.7 Å². The molecule has 0 saturated carbocycles. The van der Waals surface area contributed by atoms with Gasteiger partial charge in [-0.15, -0.1) is 0 Å². The van der Waals surface area contributed by atoms with Gasteiger partial charge in [-0.1, -0.05) is 0 Å². The highest BCUT2D eigenvalue weighted by Gasteiger charge is 2.21. The van der Waals surface area contributed by atoms with Gasteiger partial charge in [0.25, 0.3) is 0 Å². The Hall–Kier alpha value is -0.140. The molecule has 0 radical (unpaired) electrons. The molecule has 1 atom stereocenters. The average Bonchev–Trinajstić information content (AvgIpc) is 2.74. The minimum Gasteiger partial charge on any atom is -0.383 e. The highest BCUT2D eigenvalue weighted by molar-refractivity contribution is 14.1. The molecule has 16 heavy (non-hydrogen) atoms. The van der Waals surface area contributed by atoms with Gasteiger partial charge >= 0.3 is 0 Å². The summed E-state index contributed by atoms with van der Waals surface area (Å²) < 4.78 is 8.31. The van der Waals surface area contributed by atoms with Crippen LogP contribution in [-0.2, 0) is 4.74 Å². The van der Waals surface area contributed by atoms with Crippen LogP contribution in [0.3, 0.4) is 0 Å². The van der Waals surface area contributed by atoms with Crippen molar-refractivity contribution in [2.45, 2.75) is 18.9 Å². The van der Waals surface area contributed by atoms with E-state index in [1.165, 1.54) is 19.4 Å². The number of rotatable bonds is 4. The van der Waals surface area contributed by atoms with E-state index in [2.05, 4.69) is 49.5 Å². The lowest BCUT2D eigenvalue weighted by atomic mass is 10.1. The van der Waals surface area contributed by atoms with Crippen LogP contribution >= 0.6 is 22.6 Å². The first-order valence-corrected chi connectivity index (χ1v) is 6.79. The molecule has 5 heteroatoms. The summed E-state index contributed by atoms with van der Waals surface area (Å²) in [7, 11) is 1.76. The molecule has 1 saturated heterocycles. The molecule has 0 aromatic carbocycles. The molecule has 1 unspecified atom stereocenters. The van der Waals surface area contributed by atoms with Crippen LogP contribution in [0, 0.1) is 3.70 Å². The molecule has 0 aliphatic carbocycles. The van der Waals surface area contributed by atoms with Crippen molar-refractivity contribution in [3.8, 4) is 0 Å². The number of halogens is 1. The van der Waals surface area contributed by atoms with E-state index >= 15 is 0 Å².